The van der Waals surface area contributed by atoms with Crippen LogP contribution in [0.3, 0.4) is 0 Å². The van der Waals surface area contributed by atoms with Crippen molar-refractivity contribution in [3.05, 3.63) is 83.6 Å². The molecule has 3 saturated heterocycles. The number of hydrogen-bond donors (Lipinski definition) is 4. The number of carbonyl (C=O) groups excluding carboxylic acids is 2. The minimum absolute atomic E-state index is 0.0291. The van der Waals surface area contributed by atoms with E-state index in [0.717, 1.165) is 71.5 Å². The summed E-state index contributed by atoms with van der Waals surface area (Å²) in [5, 5.41) is 6.22. The molecule has 0 bridgehead atoms. The number of carbonyl (C=O) groups is 2. The summed E-state index contributed by atoms with van der Waals surface area (Å²) in [4.78, 5) is 44.3. The van der Waals surface area contributed by atoms with Crippen LogP contribution in [0.25, 0.3) is 44.5 Å². The Morgan fingerprint density at radius 3 is 2.56 bits per heavy atom. The Bertz CT molecular complexity index is 2220. The summed E-state index contributed by atoms with van der Waals surface area (Å²) in [6.07, 6.45) is 5.69. The van der Waals surface area contributed by atoms with Gasteiger partial charge in [0, 0.05) is 37.3 Å². The maximum absolute atomic E-state index is 15.9. The number of imidazole rings is 2. The number of alkyl halides is 2. The number of aromatic nitrogens is 4. The molecular formula is C41H43F2N7O4. The Balaban J connectivity index is 0.967. The van der Waals surface area contributed by atoms with Crippen molar-refractivity contribution in [2.45, 2.75) is 69.0 Å². The number of halogens is 2. The van der Waals surface area contributed by atoms with Crippen LogP contribution in [-0.2, 0) is 26.6 Å². The van der Waals surface area contributed by atoms with Gasteiger partial charge in [-0.25, -0.2) is 23.5 Å². The standard InChI is InChI=1S/C41H43F2N7O4/c1-53-40(52)49-36(23-12-16-54-17-13-23)39(51)50-15-3-5-35(50)38-46-31-11-8-25(20-33(31)47-38)24-6-9-28-27(18-24)21-41(42,43)30-19-26(7-10-29(28)30)34-22-45-37(48-34)32-4-2-14-44-32/h6-11,18-20,22-23,32,35-36,44H,2-5,12-17,21H2,1H3,(H,45,48)(H,46,47)(H,49,52)/t32-,35?,36-/m0/s1. The van der Waals surface area contributed by atoms with E-state index in [2.05, 4.69) is 25.6 Å². The van der Waals surface area contributed by atoms with Crippen molar-refractivity contribution >= 4 is 23.0 Å². The zero-order valence-corrected chi connectivity index (χ0v) is 30.1. The molecule has 3 fully saturated rings. The van der Waals surface area contributed by atoms with Gasteiger partial charge in [0.25, 0.3) is 5.92 Å². The van der Waals surface area contributed by atoms with E-state index in [1.165, 1.54) is 7.11 Å². The second-order valence-electron chi connectivity index (χ2n) is 15.0. The number of nitrogens with zero attached hydrogens (tertiary/aromatic N) is 3. The molecule has 9 rings (SSSR count). The Hall–Kier alpha value is -5.14. The maximum Gasteiger partial charge on any atom is 0.407 e. The van der Waals surface area contributed by atoms with Crippen LogP contribution in [0.15, 0.2) is 60.8 Å². The highest BCUT2D eigenvalue weighted by Gasteiger charge is 2.41. The normalized spacial score (nSPS) is 21.5. The third kappa shape index (κ3) is 6.32. The van der Waals surface area contributed by atoms with Gasteiger partial charge < -0.3 is 35.0 Å². The van der Waals surface area contributed by atoms with Gasteiger partial charge in [-0.15, -0.1) is 0 Å². The first-order chi connectivity index (χ1) is 26.3. The van der Waals surface area contributed by atoms with Crippen molar-refractivity contribution in [1.29, 1.82) is 0 Å². The van der Waals surface area contributed by atoms with Gasteiger partial charge in [0.15, 0.2) is 0 Å². The van der Waals surface area contributed by atoms with Gasteiger partial charge in [-0.05, 0) is 97.0 Å². The van der Waals surface area contributed by atoms with E-state index in [1.54, 1.807) is 18.3 Å². The first-order valence-electron chi connectivity index (χ1n) is 18.9. The summed E-state index contributed by atoms with van der Waals surface area (Å²) in [7, 11) is 1.29. The number of amides is 2. The molecule has 11 nitrogen and oxygen atoms in total. The molecule has 1 aliphatic carbocycles. The van der Waals surface area contributed by atoms with Gasteiger partial charge in [-0.3, -0.25) is 4.79 Å². The second-order valence-corrected chi connectivity index (χ2v) is 15.0. The molecule has 2 aromatic heterocycles. The highest BCUT2D eigenvalue weighted by molar-refractivity contribution is 5.87. The van der Waals surface area contributed by atoms with Gasteiger partial charge in [0.1, 0.15) is 17.7 Å². The van der Waals surface area contributed by atoms with Crippen molar-refractivity contribution < 1.29 is 27.8 Å². The number of aromatic amines is 2. The fraction of sp³-hybridized carbons (Fsp3) is 0.415. The summed E-state index contributed by atoms with van der Waals surface area (Å²) in [5.74, 6) is -1.72. The summed E-state index contributed by atoms with van der Waals surface area (Å²) in [6, 6.07) is 16.1. The van der Waals surface area contributed by atoms with Crippen molar-refractivity contribution in [1.82, 2.24) is 35.5 Å². The summed E-state index contributed by atoms with van der Waals surface area (Å²) < 4.78 is 42.2. The Morgan fingerprint density at radius 1 is 0.944 bits per heavy atom. The number of hydrogen-bond acceptors (Lipinski definition) is 7. The van der Waals surface area contributed by atoms with E-state index in [4.69, 9.17) is 14.5 Å². The lowest BCUT2D eigenvalue weighted by Gasteiger charge is -2.34. The molecule has 3 aromatic carbocycles. The van der Waals surface area contributed by atoms with Crippen LogP contribution in [0.1, 0.15) is 73.4 Å². The highest BCUT2D eigenvalue weighted by Crippen LogP contribution is 2.47. The van der Waals surface area contributed by atoms with Crippen LogP contribution in [0.2, 0.25) is 0 Å². The topological polar surface area (TPSA) is 137 Å². The number of fused-ring (bicyclic) bond motifs is 4. The van der Waals surface area contributed by atoms with E-state index in [9.17, 15) is 9.59 Å². The van der Waals surface area contributed by atoms with Gasteiger partial charge in [-0.2, -0.15) is 0 Å². The quantitative estimate of drug-likeness (QED) is 0.139. The highest BCUT2D eigenvalue weighted by atomic mass is 19.3. The molecule has 0 spiro atoms. The van der Waals surface area contributed by atoms with Crippen LogP contribution >= 0.6 is 0 Å². The molecule has 3 aliphatic heterocycles. The monoisotopic (exact) mass is 735 g/mol. The molecule has 5 aromatic rings. The predicted octanol–water partition coefficient (Wildman–Crippen LogP) is 7.17. The molecule has 3 atom stereocenters. The van der Waals surface area contributed by atoms with Crippen molar-refractivity contribution in [3.8, 4) is 33.5 Å². The Labute approximate surface area is 311 Å². The van der Waals surface area contributed by atoms with Crippen molar-refractivity contribution in [2.24, 2.45) is 5.92 Å². The molecule has 5 heterocycles. The maximum atomic E-state index is 15.9. The lowest BCUT2D eigenvalue weighted by atomic mass is 9.81. The first kappa shape index (κ1) is 34.6. The Morgan fingerprint density at radius 2 is 1.74 bits per heavy atom. The molecule has 0 saturated carbocycles. The van der Waals surface area contributed by atoms with Crippen molar-refractivity contribution in [3.63, 3.8) is 0 Å². The van der Waals surface area contributed by atoms with Gasteiger partial charge >= 0.3 is 6.09 Å². The third-order valence-corrected chi connectivity index (χ3v) is 11.7. The third-order valence-electron chi connectivity index (χ3n) is 11.7. The largest absolute Gasteiger partial charge is 0.453 e. The van der Waals surface area contributed by atoms with E-state index in [0.29, 0.717) is 55.1 Å². The lowest BCUT2D eigenvalue weighted by molar-refractivity contribution is -0.136. The number of alkyl carbamates (subject to hydrolysis) is 1. The average Bonchev–Trinajstić information content (AvgIpc) is 4.03. The predicted molar refractivity (Wildman–Crippen MR) is 199 cm³/mol. The lowest BCUT2D eigenvalue weighted by Crippen LogP contribution is -2.53. The number of rotatable bonds is 7. The van der Waals surface area contributed by atoms with E-state index in [1.807, 2.05) is 47.4 Å². The molecule has 13 heteroatoms. The number of nitrogens with one attached hydrogen (secondary N) is 4. The number of H-pyrrole nitrogens is 2. The Kier molecular flexibility index (Phi) is 8.93. The van der Waals surface area contributed by atoms with Gasteiger partial charge in [0.05, 0.1) is 42.1 Å². The SMILES string of the molecule is COC(=O)N[C@H](C(=O)N1CCCC1c1nc2ccc(-c3ccc4c(c3)CC(F)(F)c3cc(-c5cnc([C@@H]6CCCN6)[nH]5)ccc3-4)cc2[nH]1)C1CCOCC1. The second kappa shape index (κ2) is 13.9. The number of ether oxygens (including phenoxy) is 2. The molecule has 4 aliphatic rings. The number of benzene rings is 3. The molecule has 2 amide bonds. The summed E-state index contributed by atoms with van der Waals surface area (Å²) in [5.41, 5.74) is 6.65. The molecular weight excluding hydrogens is 692 g/mol. The number of likely N-dealkylation sites (tertiary alicyclic amines) is 1. The van der Waals surface area contributed by atoms with Crippen LogP contribution < -0.4 is 10.6 Å². The fourth-order valence-electron chi connectivity index (χ4n) is 8.82. The molecule has 54 heavy (non-hydrogen) atoms. The summed E-state index contributed by atoms with van der Waals surface area (Å²) >= 11 is 0. The van der Waals surface area contributed by atoms with E-state index in [-0.39, 0.29) is 29.5 Å². The minimum atomic E-state index is -3.05. The molecule has 0 radical (unpaired) electrons. The van der Waals surface area contributed by atoms with Crippen molar-refractivity contribution in [2.75, 3.05) is 33.4 Å². The van der Waals surface area contributed by atoms with Gasteiger partial charge in [0.2, 0.25) is 5.91 Å². The number of methoxy groups -OCH3 is 1. The zero-order valence-electron chi connectivity index (χ0n) is 30.1. The van der Waals surface area contributed by atoms with E-state index < -0.39 is 24.5 Å². The van der Waals surface area contributed by atoms with Crippen LogP contribution in [0, 0.1) is 5.92 Å². The van der Waals surface area contributed by atoms with Crippen LogP contribution in [0.4, 0.5) is 13.6 Å². The first-order valence-corrected chi connectivity index (χ1v) is 18.9. The van der Waals surface area contributed by atoms with Crippen LogP contribution in [-0.4, -0.2) is 76.3 Å². The molecule has 280 valence electrons. The van der Waals surface area contributed by atoms with Gasteiger partial charge in [-0.1, -0.05) is 36.4 Å². The minimum Gasteiger partial charge on any atom is -0.453 e. The molecule has 1 unspecified atom stereocenters. The fourth-order valence-corrected chi connectivity index (χ4v) is 8.82. The van der Waals surface area contributed by atoms with Crippen LogP contribution in [0.5, 0.6) is 0 Å². The smallest absolute Gasteiger partial charge is 0.407 e. The van der Waals surface area contributed by atoms with E-state index >= 15 is 8.78 Å². The average molecular weight is 736 g/mol. The zero-order chi connectivity index (χ0) is 37.0. The summed E-state index contributed by atoms with van der Waals surface area (Å²) in [6.45, 7) is 2.59. The molecule has 4 N–H and O–H groups in total.